The number of rotatable bonds is 10. The van der Waals surface area contributed by atoms with Crippen molar-refractivity contribution in [2.24, 2.45) is 22.7 Å². The van der Waals surface area contributed by atoms with Crippen LogP contribution >= 0.6 is 11.3 Å². The van der Waals surface area contributed by atoms with Crippen molar-refractivity contribution < 1.29 is 28.7 Å². The first-order valence-corrected chi connectivity index (χ1v) is 27.5. The van der Waals surface area contributed by atoms with Crippen LogP contribution in [0, 0.1) is 22.7 Å². The summed E-state index contributed by atoms with van der Waals surface area (Å²) in [6, 6.07) is 9.05. The summed E-state index contributed by atoms with van der Waals surface area (Å²) in [7, 11) is 3.80. The molecule has 2 aliphatic carbocycles. The zero-order valence-electron chi connectivity index (χ0n) is 42.6. The number of cyclic esters (lactones) is 1. The summed E-state index contributed by atoms with van der Waals surface area (Å²) in [6.45, 7) is 12.8. The average Bonchev–Trinajstić information content (AvgIpc) is 3.83. The molecule has 5 aliphatic heterocycles. The summed E-state index contributed by atoms with van der Waals surface area (Å²) in [4.78, 5) is 74.8. The number of esters is 1. The summed E-state index contributed by atoms with van der Waals surface area (Å²) in [5, 5.41) is 8.78. The van der Waals surface area contributed by atoms with E-state index in [1.165, 1.54) is 24.2 Å². The maximum atomic E-state index is 15.1. The Morgan fingerprint density at radius 1 is 1.03 bits per heavy atom. The van der Waals surface area contributed by atoms with Crippen molar-refractivity contribution in [1.82, 2.24) is 45.0 Å². The van der Waals surface area contributed by atoms with Crippen molar-refractivity contribution in [2.75, 3.05) is 53.5 Å². The fourth-order valence-electron chi connectivity index (χ4n) is 13.3. The minimum absolute atomic E-state index is 0.0272. The molecule has 6 bridgehead atoms. The third-order valence-electron chi connectivity index (χ3n) is 17.4. The molecule has 3 unspecified atom stereocenters. The second kappa shape index (κ2) is 19.3. The summed E-state index contributed by atoms with van der Waals surface area (Å²) >= 11 is 1.50. The fraction of sp³-hybridized carbons (Fsp3) is 0.636. The van der Waals surface area contributed by atoms with Crippen LogP contribution in [0.15, 0.2) is 41.9 Å². The number of nitrogens with zero attached hydrogens (tertiary/aromatic N) is 7. The number of likely N-dealkylation sites (N-methyl/N-ethyl adjacent to an activating group) is 1. The SMILES string of the molecule is CCn1c(-c2cccnc2[C@H](C)OC)c2c3cc(ccc31)-c1csc(n1)C[C@H](NC(=O)C(C1CCCC1)N1CC[C@]3(CCN(C(=O)[C@H]4C(C5CC5)N4C)C3)C1)C(=O)N1CCC[C@H](N1)C(=O)OCC(C)(C)C2. The molecule has 8 heterocycles. The van der Waals surface area contributed by atoms with Crippen LogP contribution in [0.3, 0.4) is 0 Å². The number of amides is 3. The Balaban J connectivity index is 0.904. The van der Waals surface area contributed by atoms with E-state index in [2.05, 4.69) is 87.5 Å². The van der Waals surface area contributed by atoms with Crippen LogP contribution in [-0.2, 0) is 48.0 Å². The summed E-state index contributed by atoms with van der Waals surface area (Å²) in [6.07, 6.45) is 12.0. The van der Waals surface area contributed by atoms with E-state index in [4.69, 9.17) is 19.4 Å². The minimum Gasteiger partial charge on any atom is -0.464 e. The average molecular weight is 988 g/mol. The number of fused-ring (bicyclic) bond motifs is 6. The van der Waals surface area contributed by atoms with Crippen LogP contribution in [0.5, 0.6) is 0 Å². The number of hydrazine groups is 1. The normalized spacial score (nSPS) is 29.1. The molecule has 11 rings (SSSR count). The fourth-order valence-corrected chi connectivity index (χ4v) is 14.2. The lowest BCUT2D eigenvalue weighted by molar-refractivity contribution is -0.155. The van der Waals surface area contributed by atoms with Crippen LogP contribution in [0.25, 0.3) is 33.4 Å². The van der Waals surface area contributed by atoms with Crippen LogP contribution in [0.1, 0.15) is 114 Å². The number of thiazole rings is 1. The molecule has 4 aromatic rings. The molecule has 2 N–H and O–H groups in total. The van der Waals surface area contributed by atoms with E-state index < -0.39 is 23.5 Å². The molecule has 15 nitrogen and oxygen atoms in total. The van der Waals surface area contributed by atoms with Gasteiger partial charge in [-0.3, -0.25) is 39.0 Å². The van der Waals surface area contributed by atoms with Gasteiger partial charge in [0.2, 0.25) is 11.8 Å². The number of nitrogens with one attached hydrogen (secondary N) is 2. The first kappa shape index (κ1) is 48.5. The molecule has 1 spiro atoms. The molecule has 380 valence electrons. The van der Waals surface area contributed by atoms with Crippen molar-refractivity contribution in [3.05, 3.63) is 58.2 Å². The van der Waals surface area contributed by atoms with E-state index in [0.717, 1.165) is 121 Å². The number of aromatic nitrogens is 3. The van der Waals surface area contributed by atoms with Gasteiger partial charge in [-0.1, -0.05) is 32.8 Å². The van der Waals surface area contributed by atoms with Gasteiger partial charge in [0.1, 0.15) is 18.1 Å². The molecule has 71 heavy (non-hydrogen) atoms. The highest BCUT2D eigenvalue weighted by Crippen LogP contribution is 2.49. The molecule has 3 aromatic heterocycles. The number of pyridine rings is 1. The molecular formula is C55H73N9O6S. The number of methoxy groups -OCH3 is 1. The van der Waals surface area contributed by atoms with E-state index in [9.17, 15) is 14.4 Å². The third kappa shape index (κ3) is 9.34. The van der Waals surface area contributed by atoms with Gasteiger partial charge >= 0.3 is 5.97 Å². The second-order valence-corrected chi connectivity index (χ2v) is 23.9. The predicted octanol–water partition coefficient (Wildman–Crippen LogP) is 6.78. The highest BCUT2D eigenvalue weighted by Gasteiger charge is 2.59. The van der Waals surface area contributed by atoms with Gasteiger partial charge in [0.25, 0.3) is 5.91 Å². The molecule has 0 radical (unpaired) electrons. The lowest BCUT2D eigenvalue weighted by Crippen LogP contribution is -2.62. The Morgan fingerprint density at radius 2 is 1.83 bits per heavy atom. The maximum Gasteiger partial charge on any atom is 0.324 e. The van der Waals surface area contributed by atoms with Gasteiger partial charge in [-0.25, -0.2) is 10.4 Å². The predicted molar refractivity (Wildman–Crippen MR) is 273 cm³/mol. The Hall–Kier alpha value is -4.74. The van der Waals surface area contributed by atoms with Crippen LogP contribution in [0.2, 0.25) is 0 Å². The van der Waals surface area contributed by atoms with E-state index in [0.29, 0.717) is 37.8 Å². The number of hydrogen-bond donors (Lipinski definition) is 2. The Kier molecular flexibility index (Phi) is 13.2. The first-order valence-electron chi connectivity index (χ1n) is 26.6. The zero-order chi connectivity index (χ0) is 49.3. The number of carbonyl (C=O) groups excluding carboxylic acids is 4. The Bertz CT molecular complexity index is 2690. The van der Waals surface area contributed by atoms with Gasteiger partial charge in [-0.15, -0.1) is 11.3 Å². The lowest BCUT2D eigenvalue weighted by Gasteiger charge is -2.37. The van der Waals surface area contributed by atoms with Gasteiger partial charge in [0, 0.05) is 96.7 Å². The topological polar surface area (TPSA) is 154 Å². The summed E-state index contributed by atoms with van der Waals surface area (Å²) in [5.74, 6) is 0.341. The van der Waals surface area contributed by atoms with E-state index >= 15 is 4.79 Å². The van der Waals surface area contributed by atoms with Crippen molar-refractivity contribution in [2.45, 2.75) is 148 Å². The first-order chi connectivity index (χ1) is 34.2. The Labute approximate surface area is 422 Å². The van der Waals surface area contributed by atoms with Crippen molar-refractivity contribution in [3.8, 4) is 22.5 Å². The van der Waals surface area contributed by atoms with Crippen molar-refractivity contribution in [1.29, 1.82) is 0 Å². The highest BCUT2D eigenvalue weighted by molar-refractivity contribution is 7.10. The smallest absolute Gasteiger partial charge is 0.324 e. The van der Waals surface area contributed by atoms with Crippen LogP contribution < -0.4 is 10.7 Å². The maximum absolute atomic E-state index is 15.1. The van der Waals surface area contributed by atoms with Gasteiger partial charge in [0.15, 0.2) is 0 Å². The van der Waals surface area contributed by atoms with Crippen LogP contribution in [0.4, 0.5) is 0 Å². The van der Waals surface area contributed by atoms with Gasteiger partial charge in [-0.05, 0) is 127 Å². The molecule has 7 aliphatic rings. The van der Waals surface area contributed by atoms with E-state index in [1.54, 1.807) is 12.1 Å². The number of likely N-dealkylation sites (tertiary alicyclic amines) is 2. The Morgan fingerprint density at radius 3 is 2.61 bits per heavy atom. The molecule has 8 atom stereocenters. The van der Waals surface area contributed by atoms with Crippen molar-refractivity contribution in [3.63, 3.8) is 0 Å². The molecule has 3 amide bonds. The number of aryl methyl sites for hydroxylation is 1. The lowest BCUT2D eigenvalue weighted by atomic mass is 9.84. The third-order valence-corrected chi connectivity index (χ3v) is 18.3. The van der Waals surface area contributed by atoms with Gasteiger partial charge in [-0.2, -0.15) is 0 Å². The number of benzene rings is 1. The molecule has 2 saturated carbocycles. The van der Waals surface area contributed by atoms with Crippen molar-refractivity contribution >= 4 is 45.9 Å². The van der Waals surface area contributed by atoms with Gasteiger partial charge in [0.05, 0.1) is 40.8 Å². The number of carbonyl (C=O) groups is 4. The number of ether oxygens (including phenoxy) is 2. The summed E-state index contributed by atoms with van der Waals surface area (Å²) in [5.41, 5.74) is 9.68. The van der Waals surface area contributed by atoms with E-state index in [1.807, 2.05) is 19.2 Å². The van der Waals surface area contributed by atoms with Crippen LogP contribution in [-0.4, -0.2) is 142 Å². The molecule has 1 aromatic carbocycles. The molecule has 4 saturated heterocycles. The standard InChI is InChI=1S/C55H73N9O6S/c1-7-63-43-19-18-36-26-38(43)39(48(63)37-14-10-22-56-45(37)33(2)69-6)28-54(3,4)32-70-53(68)40-15-11-23-64(59-40)51(66)41(27-44-57-42(36)29-71-44)58-50(65)47(34-12-8-9-13-34)61-24-20-55(30-61)21-25-62(31-55)52(67)49-46(60(49)5)35-16-17-35/h10,14,18-19,22,26,29,33-35,40-41,46-47,49,59H,7-9,11-13,15-17,20-21,23-25,27-28,30-32H2,1-6H3,(H,58,65)/t33-,40-,41-,46?,47?,49+,55-,60?/m0/s1. The number of hydrogen-bond acceptors (Lipinski definition) is 12. The largest absolute Gasteiger partial charge is 0.464 e. The molecule has 6 fully saturated rings. The summed E-state index contributed by atoms with van der Waals surface area (Å²) < 4.78 is 14.4. The molecule has 16 heteroatoms. The quantitative estimate of drug-likeness (QED) is 0.128. The van der Waals surface area contributed by atoms with E-state index in [-0.39, 0.29) is 60.3 Å². The van der Waals surface area contributed by atoms with Gasteiger partial charge < -0.3 is 24.3 Å². The second-order valence-electron chi connectivity index (χ2n) is 22.9. The molecular weight excluding hydrogens is 915 g/mol. The monoisotopic (exact) mass is 988 g/mol. The zero-order valence-corrected chi connectivity index (χ0v) is 43.4. The highest BCUT2D eigenvalue weighted by atomic mass is 32.1. The minimum atomic E-state index is -0.921.